The predicted octanol–water partition coefficient (Wildman–Crippen LogP) is 3.27. The molecule has 4 rings (SSSR count). The van der Waals surface area contributed by atoms with Crippen LogP contribution in [0.3, 0.4) is 0 Å². The maximum atomic E-state index is 11.5. The number of hydrogen-bond donors (Lipinski definition) is 1. The number of aromatic carboxylic acids is 1. The van der Waals surface area contributed by atoms with Crippen LogP contribution in [0.4, 0.5) is 0 Å². The molecule has 1 N–H and O–H groups in total. The second kappa shape index (κ2) is 5.95. The molecule has 1 fully saturated rings. The van der Waals surface area contributed by atoms with Crippen molar-refractivity contribution >= 4 is 11.5 Å². The average molecular weight is 322 g/mol. The van der Waals surface area contributed by atoms with Gasteiger partial charge in [-0.3, -0.25) is 0 Å². The molecule has 0 spiro atoms. The number of nitrogens with zero attached hydrogens (tertiary/aromatic N) is 2. The molecule has 1 aromatic carbocycles. The van der Waals surface area contributed by atoms with Crippen LogP contribution in [-0.4, -0.2) is 40.7 Å². The lowest BCUT2D eigenvalue weighted by Gasteiger charge is -2.27. The molecular weight excluding hydrogens is 300 g/mol. The summed E-state index contributed by atoms with van der Waals surface area (Å²) < 4.78 is 2.31. The Morgan fingerprint density at radius 1 is 1.08 bits per heavy atom. The highest BCUT2D eigenvalue weighted by Crippen LogP contribution is 2.37. The zero-order valence-corrected chi connectivity index (χ0v) is 14.0. The largest absolute Gasteiger partial charge is 0.478 e. The summed E-state index contributed by atoms with van der Waals surface area (Å²) in [7, 11) is 2.16. The molecule has 2 aromatic rings. The fourth-order valence-electron chi connectivity index (χ4n) is 3.89. The highest BCUT2D eigenvalue weighted by atomic mass is 16.4. The van der Waals surface area contributed by atoms with Crippen molar-refractivity contribution in [3.05, 3.63) is 64.5 Å². The van der Waals surface area contributed by atoms with E-state index in [1.54, 1.807) is 6.07 Å². The number of carbonyl (C=O) groups is 1. The third kappa shape index (κ3) is 2.57. The van der Waals surface area contributed by atoms with Gasteiger partial charge in [0.2, 0.25) is 0 Å². The number of fused-ring (bicyclic) bond motifs is 2. The first-order valence-corrected chi connectivity index (χ1v) is 8.56. The topological polar surface area (TPSA) is 45.5 Å². The van der Waals surface area contributed by atoms with E-state index < -0.39 is 5.97 Å². The summed E-state index contributed by atoms with van der Waals surface area (Å²) in [6.07, 6.45) is 5.17. The van der Waals surface area contributed by atoms with Crippen LogP contribution in [0.5, 0.6) is 0 Å². The van der Waals surface area contributed by atoms with Gasteiger partial charge in [-0.1, -0.05) is 11.6 Å². The van der Waals surface area contributed by atoms with Crippen molar-refractivity contribution in [3.63, 3.8) is 0 Å². The van der Waals surface area contributed by atoms with Gasteiger partial charge in [-0.05, 0) is 61.7 Å². The molecular formula is C20H22N2O2. The molecule has 0 amide bonds. The SMILES string of the molecule is CN1CCC(=C2c3cc(C(=O)O)ccc3CCn3cccc32)CC1. The van der Waals surface area contributed by atoms with Gasteiger partial charge in [0.1, 0.15) is 0 Å². The number of likely N-dealkylation sites (tertiary alicyclic amines) is 1. The fourth-order valence-corrected chi connectivity index (χ4v) is 3.89. The van der Waals surface area contributed by atoms with Crippen LogP contribution in [0.25, 0.3) is 5.57 Å². The van der Waals surface area contributed by atoms with Gasteiger partial charge in [-0.25, -0.2) is 4.79 Å². The Bertz CT molecular complexity index is 822. The number of aromatic nitrogens is 1. The van der Waals surface area contributed by atoms with Gasteiger partial charge >= 0.3 is 5.97 Å². The van der Waals surface area contributed by atoms with Crippen molar-refractivity contribution in [1.29, 1.82) is 0 Å². The van der Waals surface area contributed by atoms with E-state index in [0.717, 1.165) is 44.5 Å². The molecule has 124 valence electrons. The molecule has 0 bridgehead atoms. The van der Waals surface area contributed by atoms with Crippen LogP contribution in [0.1, 0.15) is 40.0 Å². The molecule has 0 saturated carbocycles. The number of piperidine rings is 1. The Hall–Kier alpha value is -2.33. The fraction of sp³-hybridized carbons (Fsp3) is 0.350. The number of benzene rings is 1. The van der Waals surface area contributed by atoms with Crippen LogP contribution in [0, 0.1) is 0 Å². The standard InChI is InChI=1S/C20H22N2O2/c1-21-10-6-15(7-11-21)19-17-13-16(20(23)24)5-4-14(17)8-12-22-9-2-3-18(19)22/h2-5,9,13H,6-8,10-12H2,1H3,(H,23,24). The first-order valence-electron chi connectivity index (χ1n) is 8.56. The second-order valence-electron chi connectivity index (χ2n) is 6.80. The molecule has 4 heteroatoms. The summed E-state index contributed by atoms with van der Waals surface area (Å²) in [6, 6.07) is 9.88. The van der Waals surface area contributed by atoms with E-state index in [2.05, 4.69) is 34.8 Å². The van der Waals surface area contributed by atoms with Crippen LogP contribution < -0.4 is 0 Å². The second-order valence-corrected chi connectivity index (χ2v) is 6.80. The number of carboxylic acid groups (broad SMARTS) is 1. The van der Waals surface area contributed by atoms with Crippen LogP contribution >= 0.6 is 0 Å². The van der Waals surface area contributed by atoms with Crippen LogP contribution in [0.15, 0.2) is 42.1 Å². The molecule has 0 aliphatic carbocycles. The van der Waals surface area contributed by atoms with E-state index in [9.17, 15) is 9.90 Å². The highest BCUT2D eigenvalue weighted by molar-refractivity contribution is 5.91. The van der Waals surface area contributed by atoms with E-state index in [1.807, 2.05) is 12.1 Å². The molecule has 4 nitrogen and oxygen atoms in total. The lowest BCUT2D eigenvalue weighted by atomic mass is 9.88. The summed E-state index contributed by atoms with van der Waals surface area (Å²) in [5.74, 6) is -0.856. The van der Waals surface area contributed by atoms with Gasteiger partial charge in [0.25, 0.3) is 0 Å². The van der Waals surface area contributed by atoms with E-state index in [0.29, 0.717) is 5.56 Å². The summed E-state index contributed by atoms with van der Waals surface area (Å²) in [4.78, 5) is 13.8. The molecule has 1 aromatic heterocycles. The van der Waals surface area contributed by atoms with E-state index >= 15 is 0 Å². The van der Waals surface area contributed by atoms with Crippen molar-refractivity contribution < 1.29 is 9.90 Å². The smallest absolute Gasteiger partial charge is 0.335 e. The van der Waals surface area contributed by atoms with Gasteiger partial charge in [0.15, 0.2) is 0 Å². The van der Waals surface area contributed by atoms with E-state index in [-0.39, 0.29) is 0 Å². The van der Waals surface area contributed by atoms with Crippen LogP contribution in [-0.2, 0) is 13.0 Å². The zero-order valence-electron chi connectivity index (χ0n) is 14.0. The van der Waals surface area contributed by atoms with Crippen molar-refractivity contribution in [2.45, 2.75) is 25.8 Å². The minimum Gasteiger partial charge on any atom is -0.478 e. The average Bonchev–Trinajstić information content (AvgIpc) is 2.98. The lowest BCUT2D eigenvalue weighted by Crippen LogP contribution is -2.27. The normalized spacial score (nSPS) is 18.0. The summed E-state index contributed by atoms with van der Waals surface area (Å²) in [6.45, 7) is 3.07. The van der Waals surface area contributed by atoms with E-state index in [4.69, 9.17) is 0 Å². The minimum atomic E-state index is -0.856. The molecule has 0 atom stereocenters. The summed E-state index contributed by atoms with van der Waals surface area (Å²) in [5, 5.41) is 9.42. The number of hydrogen-bond acceptors (Lipinski definition) is 2. The summed E-state index contributed by atoms with van der Waals surface area (Å²) >= 11 is 0. The zero-order chi connectivity index (χ0) is 16.7. The Kier molecular flexibility index (Phi) is 3.77. The third-order valence-corrected chi connectivity index (χ3v) is 5.28. The maximum absolute atomic E-state index is 11.5. The Morgan fingerprint density at radius 2 is 1.88 bits per heavy atom. The van der Waals surface area contributed by atoms with Gasteiger partial charge in [-0.15, -0.1) is 0 Å². The molecule has 24 heavy (non-hydrogen) atoms. The van der Waals surface area contributed by atoms with Crippen LogP contribution in [0.2, 0.25) is 0 Å². The molecule has 3 heterocycles. The van der Waals surface area contributed by atoms with Gasteiger partial charge in [0, 0.05) is 37.1 Å². The molecule has 2 aliphatic rings. The van der Waals surface area contributed by atoms with Gasteiger partial charge in [0.05, 0.1) is 5.56 Å². The predicted molar refractivity (Wildman–Crippen MR) is 94.3 cm³/mol. The molecule has 0 unspecified atom stereocenters. The lowest BCUT2D eigenvalue weighted by molar-refractivity contribution is 0.0697. The van der Waals surface area contributed by atoms with Gasteiger partial charge in [-0.2, -0.15) is 0 Å². The van der Waals surface area contributed by atoms with Crippen molar-refractivity contribution in [1.82, 2.24) is 9.47 Å². The first-order chi connectivity index (χ1) is 11.6. The van der Waals surface area contributed by atoms with Crippen molar-refractivity contribution in [2.24, 2.45) is 0 Å². The third-order valence-electron chi connectivity index (χ3n) is 5.28. The van der Waals surface area contributed by atoms with Crippen molar-refractivity contribution in [3.8, 4) is 0 Å². The van der Waals surface area contributed by atoms with E-state index in [1.165, 1.54) is 22.4 Å². The first kappa shape index (κ1) is 15.2. The molecule has 0 radical (unpaired) electrons. The maximum Gasteiger partial charge on any atom is 0.335 e. The Balaban J connectivity index is 1.93. The minimum absolute atomic E-state index is 0.375. The van der Waals surface area contributed by atoms with Gasteiger partial charge < -0.3 is 14.6 Å². The summed E-state index contributed by atoms with van der Waals surface area (Å²) in [5.41, 5.74) is 6.70. The number of rotatable bonds is 1. The number of aryl methyl sites for hydroxylation is 2. The quantitative estimate of drug-likeness (QED) is 0.876. The molecule has 2 aliphatic heterocycles. The Morgan fingerprint density at radius 3 is 2.62 bits per heavy atom. The number of carboxylic acids is 1. The van der Waals surface area contributed by atoms with Crippen molar-refractivity contribution in [2.75, 3.05) is 20.1 Å². The Labute approximate surface area is 142 Å². The monoisotopic (exact) mass is 322 g/mol. The molecule has 1 saturated heterocycles. The highest BCUT2D eigenvalue weighted by Gasteiger charge is 2.24.